The SMILES string of the molecule is CCCCOCn1cc(C2NC(CO)C3OC(C)(C)OC23)c2ncnc(OC)c21. The minimum atomic E-state index is -0.697. The lowest BCUT2D eigenvalue weighted by molar-refractivity contribution is -0.157. The van der Waals surface area contributed by atoms with Crippen LogP contribution in [0.3, 0.4) is 0 Å². The third kappa shape index (κ3) is 3.73. The molecule has 9 heteroatoms. The van der Waals surface area contributed by atoms with Crippen LogP contribution in [0.4, 0.5) is 0 Å². The van der Waals surface area contributed by atoms with Crippen LogP contribution in [0.2, 0.25) is 0 Å². The normalized spacial score (nSPS) is 28.2. The van der Waals surface area contributed by atoms with Crippen molar-refractivity contribution in [1.29, 1.82) is 0 Å². The summed E-state index contributed by atoms with van der Waals surface area (Å²) in [5.74, 6) is -0.199. The number of nitrogens with zero attached hydrogens (tertiary/aromatic N) is 3. The van der Waals surface area contributed by atoms with E-state index < -0.39 is 5.79 Å². The summed E-state index contributed by atoms with van der Waals surface area (Å²) in [6.07, 6.45) is 5.13. The molecule has 4 unspecified atom stereocenters. The molecule has 2 fully saturated rings. The fraction of sp³-hybridized carbons (Fsp3) is 0.700. The summed E-state index contributed by atoms with van der Waals surface area (Å²) < 4.78 is 25.5. The van der Waals surface area contributed by atoms with E-state index in [1.807, 2.05) is 24.6 Å². The van der Waals surface area contributed by atoms with Crippen molar-refractivity contribution < 1.29 is 24.1 Å². The van der Waals surface area contributed by atoms with Crippen LogP contribution in [0, 0.1) is 0 Å². The van der Waals surface area contributed by atoms with Gasteiger partial charge in [-0.25, -0.2) is 4.98 Å². The lowest BCUT2D eigenvalue weighted by Gasteiger charge is -2.23. The average Bonchev–Trinajstić information content (AvgIpc) is 3.33. The molecule has 0 aliphatic carbocycles. The molecule has 4 atom stereocenters. The molecule has 0 bridgehead atoms. The molecule has 0 radical (unpaired) electrons. The first-order chi connectivity index (χ1) is 14.0. The zero-order valence-electron chi connectivity index (χ0n) is 17.4. The molecule has 9 nitrogen and oxygen atoms in total. The number of aliphatic hydroxyl groups excluding tert-OH is 1. The maximum absolute atomic E-state index is 9.85. The van der Waals surface area contributed by atoms with Gasteiger partial charge in [0.15, 0.2) is 5.79 Å². The summed E-state index contributed by atoms with van der Waals surface area (Å²) in [7, 11) is 1.60. The second-order valence-corrected chi connectivity index (χ2v) is 8.02. The Morgan fingerprint density at radius 3 is 2.79 bits per heavy atom. The van der Waals surface area contributed by atoms with E-state index in [9.17, 15) is 5.11 Å². The Morgan fingerprint density at radius 1 is 1.28 bits per heavy atom. The van der Waals surface area contributed by atoms with E-state index >= 15 is 0 Å². The summed E-state index contributed by atoms with van der Waals surface area (Å²) in [6, 6.07) is -0.396. The van der Waals surface area contributed by atoms with Crippen LogP contribution < -0.4 is 10.1 Å². The van der Waals surface area contributed by atoms with Crippen molar-refractivity contribution in [2.24, 2.45) is 0 Å². The number of methoxy groups -OCH3 is 1. The highest BCUT2D eigenvalue weighted by atomic mass is 16.8. The van der Waals surface area contributed by atoms with Gasteiger partial charge in [0.1, 0.15) is 36.3 Å². The molecule has 29 heavy (non-hydrogen) atoms. The Morgan fingerprint density at radius 2 is 2.07 bits per heavy atom. The number of aromatic nitrogens is 3. The van der Waals surface area contributed by atoms with E-state index in [4.69, 9.17) is 18.9 Å². The zero-order chi connectivity index (χ0) is 20.6. The maximum atomic E-state index is 9.85. The van der Waals surface area contributed by atoms with Crippen molar-refractivity contribution in [3.8, 4) is 5.88 Å². The molecule has 2 aromatic rings. The van der Waals surface area contributed by atoms with Gasteiger partial charge in [-0.2, -0.15) is 4.98 Å². The number of nitrogens with one attached hydrogen (secondary N) is 1. The second-order valence-electron chi connectivity index (χ2n) is 8.02. The molecule has 4 rings (SSSR count). The topological polar surface area (TPSA) is 99.9 Å². The number of hydrogen-bond donors (Lipinski definition) is 2. The molecule has 0 amide bonds. The molecule has 2 aliphatic heterocycles. The molecule has 2 aromatic heterocycles. The van der Waals surface area contributed by atoms with Crippen LogP contribution in [-0.2, 0) is 20.9 Å². The fourth-order valence-corrected chi connectivity index (χ4v) is 4.24. The molecular formula is C20H30N4O5. The first-order valence-corrected chi connectivity index (χ1v) is 10.2. The van der Waals surface area contributed by atoms with Gasteiger partial charge >= 0.3 is 0 Å². The van der Waals surface area contributed by atoms with Crippen LogP contribution >= 0.6 is 0 Å². The number of unbranched alkanes of at least 4 members (excludes halogenated alkanes) is 1. The first-order valence-electron chi connectivity index (χ1n) is 10.2. The van der Waals surface area contributed by atoms with Crippen LogP contribution in [0.25, 0.3) is 11.0 Å². The Balaban J connectivity index is 1.72. The van der Waals surface area contributed by atoms with Gasteiger partial charge < -0.3 is 33.9 Å². The number of aliphatic hydroxyl groups is 1. The van der Waals surface area contributed by atoms with Gasteiger partial charge in [-0.05, 0) is 20.3 Å². The van der Waals surface area contributed by atoms with Gasteiger partial charge in [0.25, 0.3) is 0 Å². The van der Waals surface area contributed by atoms with Gasteiger partial charge in [-0.15, -0.1) is 0 Å². The minimum Gasteiger partial charge on any atom is -0.479 e. The lowest BCUT2D eigenvalue weighted by Crippen LogP contribution is -2.38. The Kier molecular flexibility index (Phi) is 5.76. The Labute approximate surface area is 170 Å². The molecule has 4 heterocycles. The first kappa shape index (κ1) is 20.5. The van der Waals surface area contributed by atoms with Crippen molar-refractivity contribution in [2.45, 2.75) is 70.4 Å². The molecule has 2 N–H and O–H groups in total. The third-order valence-electron chi connectivity index (χ3n) is 5.52. The Bertz CT molecular complexity index is 855. The highest BCUT2D eigenvalue weighted by Gasteiger charge is 2.54. The minimum absolute atomic E-state index is 0.0335. The highest BCUT2D eigenvalue weighted by molar-refractivity contribution is 5.84. The molecule has 0 aromatic carbocycles. The van der Waals surface area contributed by atoms with E-state index in [0.717, 1.165) is 29.4 Å². The smallest absolute Gasteiger partial charge is 0.241 e. The van der Waals surface area contributed by atoms with E-state index in [1.165, 1.54) is 6.33 Å². The van der Waals surface area contributed by atoms with E-state index in [2.05, 4.69) is 22.2 Å². The summed E-state index contributed by atoms with van der Waals surface area (Å²) in [5, 5.41) is 13.3. The number of hydrogen-bond acceptors (Lipinski definition) is 8. The largest absolute Gasteiger partial charge is 0.479 e. The molecule has 0 saturated carbocycles. The molecule has 2 aliphatic rings. The van der Waals surface area contributed by atoms with Crippen LogP contribution in [0.5, 0.6) is 5.88 Å². The monoisotopic (exact) mass is 406 g/mol. The third-order valence-corrected chi connectivity index (χ3v) is 5.52. The van der Waals surface area contributed by atoms with Crippen LogP contribution in [0.1, 0.15) is 45.2 Å². The van der Waals surface area contributed by atoms with E-state index in [1.54, 1.807) is 7.11 Å². The van der Waals surface area contributed by atoms with Gasteiger partial charge in [-0.3, -0.25) is 0 Å². The van der Waals surface area contributed by atoms with Crippen molar-refractivity contribution in [3.63, 3.8) is 0 Å². The number of fused-ring (bicyclic) bond motifs is 2. The highest BCUT2D eigenvalue weighted by Crippen LogP contribution is 2.43. The summed E-state index contributed by atoms with van der Waals surface area (Å²) >= 11 is 0. The summed E-state index contributed by atoms with van der Waals surface area (Å²) in [6.45, 7) is 6.96. The number of ether oxygens (including phenoxy) is 4. The van der Waals surface area contributed by atoms with Gasteiger partial charge in [0, 0.05) is 18.4 Å². The van der Waals surface area contributed by atoms with Crippen molar-refractivity contribution in [2.75, 3.05) is 20.3 Å². The van der Waals surface area contributed by atoms with E-state index in [0.29, 0.717) is 19.2 Å². The molecular weight excluding hydrogens is 376 g/mol. The van der Waals surface area contributed by atoms with Gasteiger partial charge in [0.2, 0.25) is 5.88 Å². The van der Waals surface area contributed by atoms with Crippen LogP contribution in [-0.4, -0.2) is 64.0 Å². The van der Waals surface area contributed by atoms with Crippen molar-refractivity contribution >= 4 is 11.0 Å². The maximum Gasteiger partial charge on any atom is 0.241 e. The van der Waals surface area contributed by atoms with E-state index in [-0.39, 0.29) is 30.9 Å². The summed E-state index contributed by atoms with van der Waals surface area (Å²) in [5.41, 5.74) is 2.51. The van der Waals surface area contributed by atoms with Gasteiger partial charge in [0.05, 0.1) is 25.8 Å². The van der Waals surface area contributed by atoms with Crippen molar-refractivity contribution in [3.05, 3.63) is 18.1 Å². The quantitative estimate of drug-likeness (QED) is 0.640. The standard InChI is InChI=1S/C20H30N4O5/c1-5-6-7-27-11-24-8-12(14-16(24)19(26-4)22-10-21-14)15-18-17(13(9-25)23-15)28-20(2,3)29-18/h8,10,13,15,17-18,23,25H,5-7,9,11H2,1-4H3. The predicted molar refractivity (Wildman–Crippen MR) is 106 cm³/mol. The molecule has 160 valence electrons. The van der Waals surface area contributed by atoms with Crippen LogP contribution in [0.15, 0.2) is 12.5 Å². The summed E-state index contributed by atoms with van der Waals surface area (Å²) in [4.78, 5) is 8.80. The van der Waals surface area contributed by atoms with Gasteiger partial charge in [-0.1, -0.05) is 13.3 Å². The average molecular weight is 406 g/mol. The molecule has 0 spiro atoms. The Hall–Kier alpha value is -1.78. The number of rotatable bonds is 8. The second kappa shape index (κ2) is 8.16. The molecule has 2 saturated heterocycles. The zero-order valence-corrected chi connectivity index (χ0v) is 17.4. The lowest BCUT2D eigenvalue weighted by atomic mass is 10.0. The predicted octanol–water partition coefficient (Wildman–Crippen LogP) is 1.74. The van der Waals surface area contributed by atoms with Crippen molar-refractivity contribution in [1.82, 2.24) is 19.9 Å². The fourth-order valence-electron chi connectivity index (χ4n) is 4.24.